The van der Waals surface area contributed by atoms with Gasteiger partial charge in [0.05, 0.1) is 12.2 Å². The van der Waals surface area contributed by atoms with Crippen molar-refractivity contribution in [2.45, 2.75) is 25.4 Å². The van der Waals surface area contributed by atoms with Gasteiger partial charge in [0.15, 0.2) is 0 Å². The molecular formula is C8H12N2O2. The summed E-state index contributed by atoms with van der Waals surface area (Å²) in [7, 11) is 0. The average molecular weight is 168 g/mol. The molecule has 0 aromatic heterocycles. The number of aliphatic hydroxyl groups excluding tert-OH is 1. The fourth-order valence-electron chi connectivity index (χ4n) is 1.36. The van der Waals surface area contributed by atoms with Gasteiger partial charge in [0, 0.05) is 13.1 Å². The summed E-state index contributed by atoms with van der Waals surface area (Å²) in [5.74, 6) is -0.170. The molecule has 4 heteroatoms. The van der Waals surface area contributed by atoms with Gasteiger partial charge in [-0.1, -0.05) is 0 Å². The Balaban J connectivity index is 2.41. The Hall–Kier alpha value is -1.08. The first-order chi connectivity index (χ1) is 5.74. The lowest BCUT2D eigenvalue weighted by Gasteiger charge is -2.29. The van der Waals surface area contributed by atoms with Crippen molar-refractivity contribution in [2.75, 3.05) is 13.1 Å². The molecule has 1 heterocycles. The highest BCUT2D eigenvalue weighted by Crippen LogP contribution is 2.10. The molecule has 0 unspecified atom stereocenters. The number of β-amino-alcohol motifs (C(OH)–C–C–N with tert-alkyl or cyclic N) is 1. The average Bonchev–Trinajstić information content (AvgIpc) is 2.05. The summed E-state index contributed by atoms with van der Waals surface area (Å²) in [4.78, 5) is 12.7. The number of rotatable bonds is 1. The first kappa shape index (κ1) is 9.01. The molecule has 0 aliphatic carbocycles. The summed E-state index contributed by atoms with van der Waals surface area (Å²) in [6.45, 7) is 1.07. The van der Waals surface area contributed by atoms with Crippen molar-refractivity contribution in [3.05, 3.63) is 0 Å². The molecule has 66 valence electrons. The van der Waals surface area contributed by atoms with Crippen molar-refractivity contribution < 1.29 is 9.90 Å². The van der Waals surface area contributed by atoms with Gasteiger partial charge in [0.25, 0.3) is 0 Å². The number of piperidine rings is 1. The van der Waals surface area contributed by atoms with Crippen LogP contribution in [0, 0.1) is 11.3 Å². The molecule has 1 N–H and O–H groups in total. The van der Waals surface area contributed by atoms with Gasteiger partial charge < -0.3 is 10.0 Å². The molecule has 0 spiro atoms. The first-order valence-corrected chi connectivity index (χ1v) is 4.07. The second-order valence-corrected chi connectivity index (χ2v) is 2.97. The lowest BCUT2D eigenvalue weighted by Crippen LogP contribution is -2.41. The molecule has 0 bridgehead atoms. The maximum absolute atomic E-state index is 11.1. The molecule has 4 nitrogen and oxygen atoms in total. The molecule has 12 heavy (non-hydrogen) atoms. The minimum atomic E-state index is -0.401. The SMILES string of the molecule is N#CCC(=O)N1CCC[C@@H](O)C1. The van der Waals surface area contributed by atoms with E-state index in [-0.39, 0.29) is 12.3 Å². The zero-order valence-corrected chi connectivity index (χ0v) is 6.86. The van der Waals surface area contributed by atoms with E-state index in [1.165, 1.54) is 0 Å². The van der Waals surface area contributed by atoms with Crippen molar-refractivity contribution in [1.29, 1.82) is 5.26 Å². The number of carbonyl (C=O) groups excluding carboxylic acids is 1. The van der Waals surface area contributed by atoms with E-state index in [1.807, 2.05) is 0 Å². The summed E-state index contributed by atoms with van der Waals surface area (Å²) in [6, 6.07) is 1.81. The van der Waals surface area contributed by atoms with E-state index >= 15 is 0 Å². The smallest absolute Gasteiger partial charge is 0.236 e. The number of amides is 1. The predicted octanol–water partition coefficient (Wildman–Crippen LogP) is -0.117. The highest BCUT2D eigenvalue weighted by Gasteiger charge is 2.21. The minimum Gasteiger partial charge on any atom is -0.391 e. The minimum absolute atomic E-state index is 0.0767. The van der Waals surface area contributed by atoms with E-state index in [0.29, 0.717) is 13.1 Å². The van der Waals surface area contributed by atoms with E-state index in [4.69, 9.17) is 5.26 Å². The van der Waals surface area contributed by atoms with Gasteiger partial charge in [0.2, 0.25) is 5.91 Å². The van der Waals surface area contributed by atoms with Crippen LogP contribution in [0.1, 0.15) is 19.3 Å². The Morgan fingerprint density at radius 3 is 3.08 bits per heavy atom. The predicted molar refractivity (Wildman–Crippen MR) is 42.1 cm³/mol. The topological polar surface area (TPSA) is 64.3 Å². The quantitative estimate of drug-likeness (QED) is 0.593. The highest BCUT2D eigenvalue weighted by atomic mass is 16.3. The van der Waals surface area contributed by atoms with Crippen LogP contribution in [0.15, 0.2) is 0 Å². The van der Waals surface area contributed by atoms with Crippen molar-refractivity contribution >= 4 is 5.91 Å². The second-order valence-electron chi connectivity index (χ2n) is 2.97. The molecule has 0 aromatic carbocycles. The van der Waals surface area contributed by atoms with Gasteiger partial charge in [0.1, 0.15) is 6.42 Å². The monoisotopic (exact) mass is 168 g/mol. The Morgan fingerprint density at radius 2 is 2.50 bits per heavy atom. The van der Waals surface area contributed by atoms with Gasteiger partial charge >= 0.3 is 0 Å². The maximum atomic E-state index is 11.1. The molecule has 0 saturated carbocycles. The molecular weight excluding hydrogens is 156 g/mol. The normalized spacial score (nSPS) is 23.3. The van der Waals surface area contributed by atoms with Crippen LogP contribution in [0.2, 0.25) is 0 Å². The third-order valence-electron chi connectivity index (χ3n) is 1.98. The van der Waals surface area contributed by atoms with Crippen LogP contribution in [-0.2, 0) is 4.79 Å². The van der Waals surface area contributed by atoms with E-state index in [9.17, 15) is 9.90 Å². The molecule has 0 radical (unpaired) electrons. The Labute approximate surface area is 71.4 Å². The van der Waals surface area contributed by atoms with Crippen LogP contribution in [0.3, 0.4) is 0 Å². The van der Waals surface area contributed by atoms with Crippen molar-refractivity contribution in [3.63, 3.8) is 0 Å². The molecule has 1 fully saturated rings. The van der Waals surface area contributed by atoms with Gasteiger partial charge in [-0.25, -0.2) is 0 Å². The number of likely N-dealkylation sites (tertiary alicyclic amines) is 1. The molecule has 1 aliphatic heterocycles. The molecule has 1 saturated heterocycles. The summed E-state index contributed by atoms with van der Waals surface area (Å²) in [6.07, 6.45) is 1.11. The Morgan fingerprint density at radius 1 is 1.75 bits per heavy atom. The van der Waals surface area contributed by atoms with Crippen LogP contribution >= 0.6 is 0 Å². The Bertz CT molecular complexity index is 210. The third kappa shape index (κ3) is 2.21. The number of hydrogen-bond acceptors (Lipinski definition) is 3. The van der Waals surface area contributed by atoms with E-state index in [2.05, 4.69) is 0 Å². The van der Waals surface area contributed by atoms with Crippen molar-refractivity contribution in [2.24, 2.45) is 0 Å². The molecule has 1 aliphatic rings. The van der Waals surface area contributed by atoms with Gasteiger partial charge in [-0.15, -0.1) is 0 Å². The number of nitriles is 1. The van der Waals surface area contributed by atoms with Crippen LogP contribution in [0.4, 0.5) is 0 Å². The van der Waals surface area contributed by atoms with Crippen LogP contribution in [0.25, 0.3) is 0 Å². The number of nitrogens with zero attached hydrogens (tertiary/aromatic N) is 2. The van der Waals surface area contributed by atoms with Crippen LogP contribution < -0.4 is 0 Å². The standard InChI is InChI=1S/C8H12N2O2/c9-4-3-8(12)10-5-1-2-7(11)6-10/h7,11H,1-3,5-6H2/t7-/m1/s1. The number of aliphatic hydroxyl groups is 1. The van der Waals surface area contributed by atoms with Gasteiger partial charge in [-0.2, -0.15) is 5.26 Å². The maximum Gasteiger partial charge on any atom is 0.236 e. The Kier molecular flexibility index (Phi) is 3.06. The zero-order chi connectivity index (χ0) is 8.97. The summed E-state index contributed by atoms with van der Waals surface area (Å²) in [5, 5.41) is 17.5. The summed E-state index contributed by atoms with van der Waals surface area (Å²) < 4.78 is 0. The molecule has 1 atom stereocenters. The van der Waals surface area contributed by atoms with Gasteiger partial charge in [-0.3, -0.25) is 4.79 Å². The number of hydrogen-bond donors (Lipinski definition) is 1. The second kappa shape index (κ2) is 4.07. The van der Waals surface area contributed by atoms with Crippen molar-refractivity contribution in [1.82, 2.24) is 4.90 Å². The van der Waals surface area contributed by atoms with E-state index < -0.39 is 6.10 Å². The molecule has 1 amide bonds. The first-order valence-electron chi connectivity index (χ1n) is 4.07. The van der Waals surface area contributed by atoms with Crippen molar-refractivity contribution in [3.8, 4) is 6.07 Å². The molecule has 1 rings (SSSR count). The third-order valence-corrected chi connectivity index (χ3v) is 1.98. The highest BCUT2D eigenvalue weighted by molar-refractivity contribution is 5.78. The van der Waals surface area contributed by atoms with E-state index in [1.54, 1.807) is 11.0 Å². The summed E-state index contributed by atoms with van der Waals surface area (Å²) in [5.41, 5.74) is 0. The largest absolute Gasteiger partial charge is 0.391 e. The fraction of sp³-hybridized carbons (Fsp3) is 0.750. The van der Waals surface area contributed by atoms with Crippen LogP contribution in [0.5, 0.6) is 0 Å². The summed E-state index contributed by atoms with van der Waals surface area (Å²) >= 11 is 0. The lowest BCUT2D eigenvalue weighted by molar-refractivity contribution is -0.133. The number of carbonyl (C=O) groups is 1. The van der Waals surface area contributed by atoms with E-state index in [0.717, 1.165) is 12.8 Å². The van der Waals surface area contributed by atoms with Crippen LogP contribution in [-0.4, -0.2) is 35.1 Å². The fourth-order valence-corrected chi connectivity index (χ4v) is 1.36. The zero-order valence-electron chi connectivity index (χ0n) is 6.86. The lowest BCUT2D eigenvalue weighted by atomic mass is 10.1. The van der Waals surface area contributed by atoms with Gasteiger partial charge in [-0.05, 0) is 12.8 Å². The molecule has 0 aromatic rings.